The van der Waals surface area contributed by atoms with Gasteiger partial charge in [-0.3, -0.25) is 14.5 Å². The second-order valence-electron chi connectivity index (χ2n) is 8.95. The molecule has 0 spiro atoms. The van der Waals surface area contributed by atoms with E-state index in [1.807, 2.05) is 31.3 Å². The van der Waals surface area contributed by atoms with Crippen molar-refractivity contribution in [2.75, 3.05) is 32.0 Å². The largest absolute Gasteiger partial charge is 0.392 e. The van der Waals surface area contributed by atoms with Gasteiger partial charge in [-0.25, -0.2) is 0 Å². The van der Waals surface area contributed by atoms with Crippen LogP contribution < -0.4 is 5.32 Å². The first kappa shape index (κ1) is 26.0. The molecule has 0 bridgehead atoms. The molecule has 3 aromatic rings. The average molecular weight is 524 g/mol. The van der Waals surface area contributed by atoms with Crippen LogP contribution in [-0.4, -0.2) is 59.5 Å². The van der Waals surface area contributed by atoms with Crippen molar-refractivity contribution in [2.24, 2.45) is 0 Å². The average Bonchev–Trinajstić information content (AvgIpc) is 3.30. The quantitative estimate of drug-likeness (QED) is 0.450. The molecule has 1 aliphatic heterocycles. The Bertz CT molecular complexity index is 1200. The highest BCUT2D eigenvalue weighted by molar-refractivity contribution is 6.42. The van der Waals surface area contributed by atoms with Crippen LogP contribution in [0.5, 0.6) is 0 Å². The molecular formula is C28H27Cl2N3O3. The maximum absolute atomic E-state index is 13.2. The Hall–Kier alpha value is -3.08. The number of hydrogen-bond donors (Lipinski definition) is 2. The lowest BCUT2D eigenvalue weighted by Gasteiger charge is -2.32. The highest BCUT2D eigenvalue weighted by Gasteiger charge is 2.28. The number of amides is 2. The van der Waals surface area contributed by atoms with Gasteiger partial charge in [0.15, 0.2) is 0 Å². The molecule has 0 aliphatic carbocycles. The number of likely N-dealkylation sites (N-methyl/N-ethyl adjacent to an activating group) is 1. The van der Waals surface area contributed by atoms with Crippen molar-refractivity contribution in [1.29, 1.82) is 0 Å². The molecule has 1 heterocycles. The molecule has 1 saturated heterocycles. The van der Waals surface area contributed by atoms with Crippen molar-refractivity contribution >= 4 is 40.7 Å². The molecule has 3 aromatic carbocycles. The number of benzene rings is 2. The minimum Gasteiger partial charge on any atom is -0.392 e. The van der Waals surface area contributed by atoms with Crippen LogP contribution in [0, 0.1) is 12.1 Å². The fourth-order valence-electron chi connectivity index (χ4n) is 4.26. The Balaban J connectivity index is 1.40. The number of rotatable bonds is 8. The third-order valence-corrected chi connectivity index (χ3v) is 7.09. The van der Waals surface area contributed by atoms with Crippen LogP contribution in [0.3, 0.4) is 0 Å². The molecular weight excluding hydrogens is 497 g/mol. The maximum atomic E-state index is 13.2. The molecule has 4 rings (SSSR count). The van der Waals surface area contributed by atoms with Crippen LogP contribution in [0.25, 0.3) is 0 Å². The Morgan fingerprint density at radius 3 is 2.56 bits per heavy atom. The number of hydrogen-bond acceptors (Lipinski definition) is 4. The number of carbonyl (C=O) groups is 2. The zero-order valence-corrected chi connectivity index (χ0v) is 21.4. The smallest absolute Gasteiger partial charge is 0.255 e. The molecule has 186 valence electrons. The molecule has 2 atom stereocenters. The predicted octanol–water partition coefficient (Wildman–Crippen LogP) is 4.65. The molecule has 8 heteroatoms. The molecule has 6 nitrogen and oxygen atoms in total. The van der Waals surface area contributed by atoms with Crippen molar-refractivity contribution in [3.8, 4) is 0 Å². The molecule has 1 aliphatic rings. The monoisotopic (exact) mass is 523 g/mol. The zero-order valence-electron chi connectivity index (χ0n) is 19.9. The van der Waals surface area contributed by atoms with Crippen molar-refractivity contribution in [2.45, 2.75) is 25.0 Å². The summed E-state index contributed by atoms with van der Waals surface area (Å²) >= 11 is 11.9. The summed E-state index contributed by atoms with van der Waals surface area (Å²) in [7, 11) is 1.81. The summed E-state index contributed by atoms with van der Waals surface area (Å²) in [5, 5.41) is 13.4. The van der Waals surface area contributed by atoms with Gasteiger partial charge in [-0.1, -0.05) is 47.5 Å². The van der Waals surface area contributed by atoms with Gasteiger partial charge < -0.3 is 15.3 Å². The lowest BCUT2D eigenvalue weighted by atomic mass is 10.0. The highest BCUT2D eigenvalue weighted by Crippen LogP contribution is 2.25. The lowest BCUT2D eigenvalue weighted by Crippen LogP contribution is -2.39. The van der Waals surface area contributed by atoms with Gasteiger partial charge >= 0.3 is 0 Å². The third kappa shape index (κ3) is 6.57. The van der Waals surface area contributed by atoms with E-state index in [9.17, 15) is 14.7 Å². The normalized spacial score (nSPS) is 16.3. The highest BCUT2D eigenvalue weighted by atomic mass is 35.5. The van der Waals surface area contributed by atoms with Crippen molar-refractivity contribution in [3.05, 3.63) is 99.5 Å². The van der Waals surface area contributed by atoms with Crippen molar-refractivity contribution in [3.63, 3.8) is 0 Å². The van der Waals surface area contributed by atoms with Crippen LogP contribution in [0.15, 0.2) is 60.7 Å². The van der Waals surface area contributed by atoms with Crippen LogP contribution >= 0.6 is 23.2 Å². The van der Waals surface area contributed by atoms with Gasteiger partial charge in [-0.15, -0.1) is 0 Å². The summed E-state index contributed by atoms with van der Waals surface area (Å²) in [5.74, 6) is -0.330. The van der Waals surface area contributed by atoms with E-state index >= 15 is 0 Å². The Labute approximate surface area is 221 Å². The Morgan fingerprint density at radius 1 is 1.14 bits per heavy atom. The van der Waals surface area contributed by atoms with E-state index in [0.29, 0.717) is 34.4 Å². The Kier molecular flexibility index (Phi) is 8.50. The second kappa shape index (κ2) is 11.8. The third-order valence-electron chi connectivity index (χ3n) is 6.35. The number of anilines is 1. The van der Waals surface area contributed by atoms with Gasteiger partial charge in [0.1, 0.15) is 0 Å². The van der Waals surface area contributed by atoms with Crippen molar-refractivity contribution in [1.82, 2.24) is 9.80 Å². The minimum atomic E-state index is -0.321. The van der Waals surface area contributed by atoms with E-state index in [2.05, 4.69) is 22.3 Å². The van der Waals surface area contributed by atoms with Gasteiger partial charge in [0.2, 0.25) is 5.91 Å². The maximum Gasteiger partial charge on any atom is 0.255 e. The van der Waals surface area contributed by atoms with E-state index in [1.165, 1.54) is 6.07 Å². The number of aliphatic hydroxyl groups excluding tert-OH is 1. The lowest BCUT2D eigenvalue weighted by molar-refractivity contribution is -0.131. The van der Waals surface area contributed by atoms with E-state index in [0.717, 1.165) is 24.1 Å². The summed E-state index contributed by atoms with van der Waals surface area (Å²) in [4.78, 5) is 29.7. The summed E-state index contributed by atoms with van der Waals surface area (Å²) in [5.41, 5.74) is 2.82. The number of nitrogens with zero attached hydrogens (tertiary/aromatic N) is 2. The van der Waals surface area contributed by atoms with Gasteiger partial charge in [0, 0.05) is 37.9 Å². The van der Waals surface area contributed by atoms with E-state index in [1.54, 1.807) is 35.2 Å². The number of halogens is 2. The molecule has 1 fully saturated rings. The Morgan fingerprint density at radius 2 is 1.92 bits per heavy atom. The summed E-state index contributed by atoms with van der Waals surface area (Å²) in [6.45, 7) is 2.05. The molecule has 0 saturated carbocycles. The molecule has 2 amide bonds. The number of aliphatic hydroxyl groups is 1. The minimum absolute atomic E-state index is 0.0276. The van der Waals surface area contributed by atoms with Gasteiger partial charge in [0.25, 0.3) is 5.91 Å². The van der Waals surface area contributed by atoms with Gasteiger partial charge in [0.05, 0.1) is 28.6 Å². The van der Waals surface area contributed by atoms with Gasteiger partial charge in [-0.05, 0) is 66.1 Å². The van der Waals surface area contributed by atoms with Gasteiger partial charge in [-0.2, -0.15) is 0 Å². The van der Waals surface area contributed by atoms with Crippen molar-refractivity contribution < 1.29 is 14.7 Å². The summed E-state index contributed by atoms with van der Waals surface area (Å²) in [6, 6.07) is 23.2. The summed E-state index contributed by atoms with van der Waals surface area (Å²) < 4.78 is 0. The first-order valence-electron chi connectivity index (χ1n) is 11.7. The zero-order chi connectivity index (χ0) is 25.7. The number of likely N-dealkylation sites (tertiary alicyclic amines) is 1. The van der Waals surface area contributed by atoms with Crippen LogP contribution in [0.4, 0.5) is 5.69 Å². The molecule has 1 unspecified atom stereocenters. The topological polar surface area (TPSA) is 72.9 Å². The fourth-order valence-corrected chi connectivity index (χ4v) is 4.56. The molecule has 0 aromatic heterocycles. The molecule has 2 N–H and O–H groups in total. The number of carbonyl (C=O) groups excluding carboxylic acids is 2. The number of β-amino-alcohol motifs (C(OH)–C–C–N with tert-alkyl or cyclic N) is 1. The summed E-state index contributed by atoms with van der Waals surface area (Å²) in [6.07, 6.45) is 0.643. The van der Waals surface area contributed by atoms with E-state index in [-0.39, 0.29) is 30.4 Å². The predicted molar refractivity (Wildman–Crippen MR) is 141 cm³/mol. The SMILES string of the molecule is CN(C(=O)Cc1ccc(NC(=O)c2ccc(Cl)c(Cl)c2)cc1)[C@H](CN1CCC(O)C1)c1cc#ccc1. The molecule has 0 radical (unpaired) electrons. The first-order valence-corrected chi connectivity index (χ1v) is 12.4. The number of nitrogens with one attached hydrogen (secondary N) is 1. The first-order chi connectivity index (χ1) is 17.3. The second-order valence-corrected chi connectivity index (χ2v) is 9.76. The van der Waals surface area contributed by atoms with Crippen LogP contribution in [-0.2, 0) is 11.2 Å². The standard InChI is InChI=1S/C28H27Cl2N3O3/c1-32(26(20-5-3-2-4-6-20)18-33-14-13-23(34)17-33)27(35)15-19-7-10-22(11-8-19)31-28(36)21-9-12-24(29)25(30)16-21/h3,5-12,16,23,26,34H,13-15,17-18H2,1H3,(H,31,36)/t23?,26-/m1/s1. The van der Waals surface area contributed by atoms with E-state index < -0.39 is 0 Å². The fraction of sp³-hybridized carbons (Fsp3) is 0.286. The van der Waals surface area contributed by atoms with Crippen LogP contribution in [0.2, 0.25) is 10.0 Å². The molecule has 36 heavy (non-hydrogen) atoms. The van der Waals surface area contributed by atoms with Crippen LogP contribution in [0.1, 0.15) is 33.9 Å². The van der Waals surface area contributed by atoms with E-state index in [4.69, 9.17) is 23.2 Å².